The van der Waals surface area contributed by atoms with Gasteiger partial charge in [0.15, 0.2) is 5.11 Å². The largest absolute Gasteiger partial charge is 0.495 e. The van der Waals surface area contributed by atoms with Gasteiger partial charge in [-0.1, -0.05) is 37.5 Å². The van der Waals surface area contributed by atoms with Gasteiger partial charge in [-0.15, -0.1) is 0 Å². The number of benzene rings is 1. The number of carbonyl (C=O) groups excluding carboxylic acids is 1. The molecule has 2 aromatic heterocycles. The molecule has 1 aliphatic heterocycles. The van der Waals surface area contributed by atoms with E-state index >= 15 is 0 Å². The van der Waals surface area contributed by atoms with Crippen LogP contribution in [-0.2, 0) is 4.79 Å². The van der Waals surface area contributed by atoms with Gasteiger partial charge in [-0.25, -0.2) is 0 Å². The number of methoxy groups -OCH3 is 1. The summed E-state index contributed by atoms with van der Waals surface area (Å²) in [6, 6.07) is 16.0. The Bertz CT molecular complexity index is 1190. The van der Waals surface area contributed by atoms with E-state index in [1.54, 1.807) is 7.11 Å². The van der Waals surface area contributed by atoms with E-state index in [2.05, 4.69) is 43.5 Å². The molecule has 1 aliphatic carbocycles. The third-order valence-electron chi connectivity index (χ3n) is 7.23. The highest BCUT2D eigenvalue weighted by molar-refractivity contribution is 7.80. The van der Waals surface area contributed by atoms with Crippen molar-refractivity contribution in [2.45, 2.75) is 56.7 Å². The van der Waals surface area contributed by atoms with Crippen molar-refractivity contribution in [3.8, 4) is 5.75 Å². The molecule has 2 N–H and O–H groups in total. The first-order valence-corrected chi connectivity index (χ1v) is 13.1. The normalized spacial score (nSPS) is 20.2. The standard InChI is InChI=1S/C28H33N5O2S/c1-35-24-13-6-5-11-22(24)30-25(34)15-18-33-27(26(31-28(33)36)23-12-7-8-16-29-23)20-14-17-32(19-20)21-9-3-2-4-10-21/h5-8,11-14,16-17,19,21,26-27H,2-4,9-10,15,18H2,1H3,(H,30,34)(H,31,36)/t26-,27-/m1/s1. The van der Waals surface area contributed by atoms with Gasteiger partial charge < -0.3 is 24.8 Å². The molecule has 8 heteroatoms. The number of carbonyl (C=O) groups is 1. The lowest BCUT2D eigenvalue weighted by atomic mass is 9.95. The predicted molar refractivity (Wildman–Crippen MR) is 145 cm³/mol. The fourth-order valence-electron chi connectivity index (χ4n) is 5.40. The van der Waals surface area contributed by atoms with Crippen molar-refractivity contribution in [2.75, 3.05) is 19.0 Å². The molecule has 5 rings (SSSR count). The van der Waals surface area contributed by atoms with Crippen LogP contribution in [-0.4, -0.2) is 39.1 Å². The van der Waals surface area contributed by atoms with Crippen molar-refractivity contribution in [1.82, 2.24) is 19.8 Å². The van der Waals surface area contributed by atoms with Gasteiger partial charge in [-0.3, -0.25) is 9.78 Å². The number of hydrogen-bond acceptors (Lipinski definition) is 4. The van der Waals surface area contributed by atoms with E-state index in [9.17, 15) is 4.79 Å². The predicted octanol–water partition coefficient (Wildman–Crippen LogP) is 5.40. The Morgan fingerprint density at radius 2 is 1.94 bits per heavy atom. The number of rotatable bonds is 8. The second-order valence-corrected chi connectivity index (χ2v) is 9.89. The number of nitrogens with one attached hydrogen (secondary N) is 2. The highest BCUT2D eigenvalue weighted by atomic mass is 32.1. The zero-order chi connectivity index (χ0) is 24.9. The maximum atomic E-state index is 12.9. The van der Waals surface area contributed by atoms with Crippen LogP contribution in [0.5, 0.6) is 5.75 Å². The molecule has 1 amide bonds. The summed E-state index contributed by atoms with van der Waals surface area (Å²) < 4.78 is 7.74. The van der Waals surface area contributed by atoms with E-state index in [0.717, 1.165) is 5.69 Å². The Morgan fingerprint density at radius 1 is 1.14 bits per heavy atom. The number of para-hydroxylation sites is 2. The quantitative estimate of drug-likeness (QED) is 0.401. The molecule has 2 aliphatic rings. The average Bonchev–Trinajstić information content (AvgIpc) is 3.53. The lowest BCUT2D eigenvalue weighted by Crippen LogP contribution is -2.32. The van der Waals surface area contributed by atoms with E-state index < -0.39 is 0 Å². The third kappa shape index (κ3) is 5.23. The van der Waals surface area contributed by atoms with Crippen LogP contribution in [0, 0.1) is 0 Å². The molecule has 3 heterocycles. The summed E-state index contributed by atoms with van der Waals surface area (Å²) in [5.41, 5.74) is 2.80. The molecule has 1 aromatic carbocycles. The highest BCUT2D eigenvalue weighted by Gasteiger charge is 2.40. The van der Waals surface area contributed by atoms with Gasteiger partial charge in [0.25, 0.3) is 0 Å². The van der Waals surface area contributed by atoms with Crippen LogP contribution in [0.25, 0.3) is 0 Å². The Labute approximate surface area is 217 Å². The molecule has 0 unspecified atom stereocenters. The average molecular weight is 504 g/mol. The minimum absolute atomic E-state index is 0.0451. The first-order valence-electron chi connectivity index (χ1n) is 12.7. The number of aromatic nitrogens is 2. The highest BCUT2D eigenvalue weighted by Crippen LogP contribution is 2.40. The van der Waals surface area contributed by atoms with Crippen molar-refractivity contribution >= 4 is 28.9 Å². The molecular formula is C28H33N5O2S. The van der Waals surface area contributed by atoms with Crippen LogP contribution in [0.3, 0.4) is 0 Å². The lowest BCUT2D eigenvalue weighted by molar-refractivity contribution is -0.116. The van der Waals surface area contributed by atoms with Gasteiger partial charge in [0.05, 0.1) is 30.6 Å². The van der Waals surface area contributed by atoms with Crippen LogP contribution < -0.4 is 15.4 Å². The molecule has 0 bridgehead atoms. The van der Waals surface area contributed by atoms with Gasteiger partial charge in [0.2, 0.25) is 5.91 Å². The van der Waals surface area contributed by atoms with Gasteiger partial charge in [0, 0.05) is 37.6 Å². The molecule has 2 atom stereocenters. The molecular weight excluding hydrogens is 470 g/mol. The maximum absolute atomic E-state index is 12.9. The molecule has 2 fully saturated rings. The van der Waals surface area contributed by atoms with Crippen molar-refractivity contribution in [3.05, 3.63) is 78.4 Å². The van der Waals surface area contributed by atoms with E-state index in [-0.39, 0.29) is 18.0 Å². The minimum atomic E-state index is -0.0850. The summed E-state index contributed by atoms with van der Waals surface area (Å²) in [6.07, 6.45) is 13.0. The first kappa shape index (κ1) is 24.3. The van der Waals surface area contributed by atoms with Gasteiger partial charge in [-0.2, -0.15) is 0 Å². The van der Waals surface area contributed by atoms with Crippen LogP contribution >= 0.6 is 12.2 Å². The van der Waals surface area contributed by atoms with Crippen molar-refractivity contribution in [3.63, 3.8) is 0 Å². The Hall–Kier alpha value is -3.39. The fourth-order valence-corrected chi connectivity index (χ4v) is 5.74. The Kier molecular flexibility index (Phi) is 7.51. The lowest BCUT2D eigenvalue weighted by Gasteiger charge is -2.27. The molecule has 36 heavy (non-hydrogen) atoms. The summed E-state index contributed by atoms with van der Waals surface area (Å²) >= 11 is 5.78. The number of ether oxygens (including phenoxy) is 1. The number of nitrogens with zero attached hydrogens (tertiary/aromatic N) is 3. The monoisotopic (exact) mass is 503 g/mol. The molecule has 1 saturated carbocycles. The van der Waals surface area contributed by atoms with Crippen molar-refractivity contribution in [2.24, 2.45) is 0 Å². The molecule has 7 nitrogen and oxygen atoms in total. The summed E-state index contributed by atoms with van der Waals surface area (Å²) in [6.45, 7) is 0.495. The van der Waals surface area contributed by atoms with E-state index in [0.29, 0.717) is 35.6 Å². The number of hydrogen-bond donors (Lipinski definition) is 2. The van der Waals surface area contributed by atoms with Gasteiger partial charge >= 0.3 is 0 Å². The van der Waals surface area contributed by atoms with Crippen LogP contribution in [0.15, 0.2) is 67.1 Å². The van der Waals surface area contributed by atoms with E-state index in [4.69, 9.17) is 17.0 Å². The molecule has 1 saturated heterocycles. The van der Waals surface area contributed by atoms with Crippen molar-refractivity contribution < 1.29 is 9.53 Å². The second kappa shape index (κ2) is 11.1. The number of pyridine rings is 1. The van der Waals surface area contributed by atoms with Gasteiger partial charge in [0.1, 0.15) is 5.75 Å². The van der Waals surface area contributed by atoms with Crippen molar-refractivity contribution in [1.29, 1.82) is 0 Å². The molecule has 0 spiro atoms. The first-order chi connectivity index (χ1) is 17.6. The van der Waals surface area contributed by atoms with E-state index in [1.807, 2.05) is 48.7 Å². The van der Waals surface area contributed by atoms with Crippen LogP contribution in [0.2, 0.25) is 0 Å². The van der Waals surface area contributed by atoms with Crippen LogP contribution in [0.4, 0.5) is 5.69 Å². The topological polar surface area (TPSA) is 71.4 Å². The van der Waals surface area contributed by atoms with Gasteiger partial charge in [-0.05, 0) is 61.0 Å². The Balaban J connectivity index is 1.35. The zero-order valence-corrected chi connectivity index (χ0v) is 21.4. The second-order valence-electron chi connectivity index (χ2n) is 9.50. The third-order valence-corrected chi connectivity index (χ3v) is 7.59. The molecule has 0 radical (unpaired) electrons. The number of thiocarbonyl (C=S) groups is 1. The van der Waals surface area contributed by atoms with E-state index in [1.165, 1.54) is 37.7 Å². The summed E-state index contributed by atoms with van der Waals surface area (Å²) in [5.74, 6) is 0.559. The number of anilines is 1. The molecule has 3 aromatic rings. The Morgan fingerprint density at radius 3 is 2.72 bits per heavy atom. The summed E-state index contributed by atoms with van der Waals surface area (Å²) in [7, 11) is 1.60. The summed E-state index contributed by atoms with van der Waals surface area (Å²) in [4.78, 5) is 19.6. The SMILES string of the molecule is COc1ccccc1NC(=O)CCN1C(=S)N[C@H](c2ccccn2)[C@H]1c1ccn(C2CCCCC2)c1. The summed E-state index contributed by atoms with van der Waals surface area (Å²) in [5, 5.41) is 7.10. The smallest absolute Gasteiger partial charge is 0.226 e. The maximum Gasteiger partial charge on any atom is 0.226 e. The molecule has 188 valence electrons. The zero-order valence-electron chi connectivity index (χ0n) is 20.6. The minimum Gasteiger partial charge on any atom is -0.495 e. The fraction of sp³-hybridized carbons (Fsp3) is 0.393. The van der Waals surface area contributed by atoms with Crippen LogP contribution in [0.1, 0.15) is 67.9 Å². The number of amides is 1.